The van der Waals surface area contributed by atoms with E-state index < -0.39 is 6.43 Å². The zero-order chi connectivity index (χ0) is 14.0. The Hall–Kier alpha value is -1.77. The minimum absolute atomic E-state index is 0.00486. The molecular weight excluding hydrogens is 290 g/mol. The lowest BCUT2D eigenvalue weighted by molar-refractivity contribution is 0.151. The molecule has 0 amide bonds. The summed E-state index contributed by atoms with van der Waals surface area (Å²) in [6.07, 6.45) is -2.75. The number of halogens is 3. The van der Waals surface area contributed by atoms with Crippen molar-refractivity contribution < 1.29 is 8.78 Å². The molecule has 0 aliphatic heterocycles. The topological polar surface area (TPSA) is 39.6 Å². The summed E-state index contributed by atoms with van der Waals surface area (Å²) in [5.74, 6) is 0. The largest absolute Gasteiger partial charge is 0.345 e. The van der Waals surface area contributed by atoms with Crippen LogP contribution in [0.25, 0.3) is 11.3 Å². The normalized spacial score (nSPS) is 10.5. The highest BCUT2D eigenvalue weighted by Crippen LogP contribution is 2.28. The second kappa shape index (κ2) is 5.47. The van der Waals surface area contributed by atoms with Gasteiger partial charge in [-0.15, -0.1) is 0 Å². The number of benzene rings is 1. The smallest absolute Gasteiger partial charge is 0.265 e. The average Bonchev–Trinajstić information content (AvgIpc) is 2.38. The Bertz CT molecular complexity index is 702. The summed E-state index contributed by atoms with van der Waals surface area (Å²) in [6, 6.07) is 9.60. The fourth-order valence-corrected chi connectivity index (χ4v) is 2.05. The van der Waals surface area contributed by atoms with Crippen LogP contribution in [0, 0.1) is 16.0 Å². The Morgan fingerprint density at radius 2 is 1.89 bits per heavy atom. The van der Waals surface area contributed by atoms with Crippen molar-refractivity contribution in [3.63, 3.8) is 0 Å². The molecule has 0 spiro atoms. The van der Waals surface area contributed by atoms with Gasteiger partial charge < -0.3 is 4.98 Å². The van der Waals surface area contributed by atoms with Crippen LogP contribution in [0.4, 0.5) is 8.78 Å². The third-order valence-corrected chi connectivity index (χ3v) is 3.12. The molecule has 2 nitrogen and oxygen atoms in total. The number of nitrogens with one attached hydrogen (secondary N) is 1. The molecular formula is C13H7ClF2N2S. The van der Waals surface area contributed by atoms with E-state index in [1.54, 1.807) is 30.3 Å². The van der Waals surface area contributed by atoms with Crippen molar-refractivity contribution in [2.75, 3.05) is 0 Å². The molecule has 0 unspecified atom stereocenters. The minimum atomic E-state index is -2.75. The van der Waals surface area contributed by atoms with Crippen LogP contribution in [-0.2, 0) is 0 Å². The van der Waals surface area contributed by atoms with E-state index in [4.69, 9.17) is 29.1 Å². The van der Waals surface area contributed by atoms with E-state index in [9.17, 15) is 8.78 Å². The van der Waals surface area contributed by atoms with Crippen LogP contribution in [0.15, 0.2) is 30.3 Å². The van der Waals surface area contributed by atoms with Gasteiger partial charge in [0.25, 0.3) is 6.43 Å². The predicted octanol–water partition coefficient (Wildman–Crippen LogP) is 4.87. The highest BCUT2D eigenvalue weighted by molar-refractivity contribution is 7.71. The van der Waals surface area contributed by atoms with Crippen LogP contribution in [0.5, 0.6) is 0 Å². The number of nitrogens with zero attached hydrogens (tertiary/aromatic N) is 1. The Kier molecular flexibility index (Phi) is 3.93. The highest BCUT2D eigenvalue weighted by Gasteiger charge is 2.16. The lowest BCUT2D eigenvalue weighted by atomic mass is 10.1. The SMILES string of the molecule is N#Cc1c(C(F)F)cc(-c2ccc(Cl)cc2)[nH]c1=S. The lowest BCUT2D eigenvalue weighted by Gasteiger charge is -2.08. The highest BCUT2D eigenvalue weighted by atomic mass is 35.5. The van der Waals surface area contributed by atoms with Crippen LogP contribution >= 0.6 is 23.8 Å². The first-order valence-corrected chi connectivity index (χ1v) is 6.03. The third-order valence-electron chi connectivity index (χ3n) is 2.57. The van der Waals surface area contributed by atoms with Gasteiger partial charge in [-0.05, 0) is 23.8 Å². The van der Waals surface area contributed by atoms with Crippen LogP contribution in [0.1, 0.15) is 17.6 Å². The second-order valence-corrected chi connectivity index (χ2v) is 4.61. The molecule has 2 aromatic rings. The lowest BCUT2D eigenvalue weighted by Crippen LogP contribution is -1.96. The van der Waals surface area contributed by atoms with E-state index in [0.717, 1.165) is 0 Å². The summed E-state index contributed by atoms with van der Waals surface area (Å²) in [6.45, 7) is 0. The summed E-state index contributed by atoms with van der Waals surface area (Å²) < 4.78 is 25.8. The first-order valence-electron chi connectivity index (χ1n) is 5.24. The molecule has 0 aliphatic rings. The Morgan fingerprint density at radius 3 is 2.42 bits per heavy atom. The van der Waals surface area contributed by atoms with Gasteiger partial charge in [0.15, 0.2) is 0 Å². The van der Waals surface area contributed by atoms with Crippen molar-refractivity contribution >= 4 is 23.8 Å². The molecule has 0 fully saturated rings. The number of pyridine rings is 1. The van der Waals surface area contributed by atoms with E-state index in [2.05, 4.69) is 4.98 Å². The fraction of sp³-hybridized carbons (Fsp3) is 0.0769. The summed E-state index contributed by atoms with van der Waals surface area (Å²) in [5.41, 5.74) is 0.539. The van der Waals surface area contributed by atoms with Crippen LogP contribution in [0.2, 0.25) is 5.02 Å². The van der Waals surface area contributed by atoms with Gasteiger partial charge in [-0.3, -0.25) is 0 Å². The van der Waals surface area contributed by atoms with Crippen molar-refractivity contribution in [3.8, 4) is 17.3 Å². The molecule has 0 bridgehead atoms. The molecule has 1 heterocycles. The molecule has 1 aromatic heterocycles. The van der Waals surface area contributed by atoms with E-state index in [0.29, 0.717) is 16.3 Å². The predicted molar refractivity (Wildman–Crippen MR) is 71.7 cm³/mol. The number of aromatic amines is 1. The zero-order valence-corrected chi connectivity index (χ0v) is 11.0. The zero-order valence-electron chi connectivity index (χ0n) is 9.45. The van der Waals surface area contributed by atoms with E-state index >= 15 is 0 Å². The molecule has 0 radical (unpaired) electrons. The van der Waals surface area contributed by atoms with Gasteiger partial charge in [-0.25, -0.2) is 8.78 Å². The maximum atomic E-state index is 12.9. The molecule has 1 aromatic carbocycles. The monoisotopic (exact) mass is 296 g/mol. The van der Waals surface area contributed by atoms with Crippen molar-refractivity contribution in [2.24, 2.45) is 0 Å². The maximum absolute atomic E-state index is 12.9. The summed E-state index contributed by atoms with van der Waals surface area (Å²) in [4.78, 5) is 2.77. The summed E-state index contributed by atoms with van der Waals surface area (Å²) >= 11 is 10.7. The molecule has 0 aliphatic carbocycles. The molecule has 0 atom stereocenters. The first kappa shape index (κ1) is 13.7. The second-order valence-electron chi connectivity index (χ2n) is 3.76. The van der Waals surface area contributed by atoms with Crippen molar-refractivity contribution in [1.29, 1.82) is 5.26 Å². The van der Waals surface area contributed by atoms with Crippen molar-refractivity contribution in [1.82, 2.24) is 4.98 Å². The number of nitriles is 1. The Balaban J connectivity index is 2.64. The number of hydrogen-bond acceptors (Lipinski definition) is 2. The number of H-pyrrole nitrogens is 1. The van der Waals surface area contributed by atoms with Gasteiger partial charge in [-0.1, -0.05) is 36.0 Å². The average molecular weight is 297 g/mol. The van der Waals surface area contributed by atoms with Crippen LogP contribution in [0.3, 0.4) is 0 Å². The number of rotatable bonds is 2. The summed E-state index contributed by atoms with van der Waals surface area (Å²) in [7, 11) is 0. The van der Waals surface area contributed by atoms with Gasteiger partial charge in [0.1, 0.15) is 10.7 Å². The number of aromatic nitrogens is 1. The quantitative estimate of drug-likeness (QED) is 0.803. The van der Waals surface area contributed by atoms with Crippen LogP contribution < -0.4 is 0 Å². The third kappa shape index (κ3) is 2.80. The molecule has 1 N–H and O–H groups in total. The van der Waals surface area contributed by atoms with Gasteiger partial charge in [0.05, 0.1) is 5.56 Å². The standard InChI is InChI=1S/C13H7ClF2N2S/c14-8-3-1-7(2-4-8)11-5-9(12(15)16)10(6-17)13(19)18-11/h1-5,12H,(H,18,19). The van der Waals surface area contributed by atoms with E-state index in [1.807, 2.05) is 0 Å². The molecule has 6 heteroatoms. The first-order chi connectivity index (χ1) is 9.02. The van der Waals surface area contributed by atoms with Crippen molar-refractivity contribution in [2.45, 2.75) is 6.43 Å². The van der Waals surface area contributed by atoms with Gasteiger partial charge in [0, 0.05) is 16.3 Å². The van der Waals surface area contributed by atoms with E-state index in [-0.39, 0.29) is 15.8 Å². The Morgan fingerprint density at radius 1 is 1.26 bits per heavy atom. The number of alkyl halides is 2. The van der Waals surface area contributed by atoms with E-state index in [1.165, 1.54) is 6.07 Å². The van der Waals surface area contributed by atoms with Crippen LogP contribution in [-0.4, -0.2) is 4.98 Å². The molecule has 96 valence electrons. The summed E-state index contributed by atoms with van der Waals surface area (Å²) in [5, 5.41) is 9.40. The van der Waals surface area contributed by atoms with Gasteiger partial charge in [0.2, 0.25) is 0 Å². The maximum Gasteiger partial charge on any atom is 0.265 e. The number of hydrogen-bond donors (Lipinski definition) is 1. The fourth-order valence-electron chi connectivity index (χ4n) is 1.65. The van der Waals surface area contributed by atoms with Crippen molar-refractivity contribution in [3.05, 3.63) is 51.1 Å². The molecule has 0 saturated carbocycles. The van der Waals surface area contributed by atoms with Gasteiger partial charge >= 0.3 is 0 Å². The Labute approximate surface area is 118 Å². The van der Waals surface area contributed by atoms with Gasteiger partial charge in [-0.2, -0.15) is 5.26 Å². The molecule has 19 heavy (non-hydrogen) atoms. The minimum Gasteiger partial charge on any atom is -0.345 e. The molecule has 2 rings (SSSR count). The molecule has 0 saturated heterocycles.